The quantitative estimate of drug-likeness (QED) is 0.730. The fourth-order valence-corrected chi connectivity index (χ4v) is 3.08. The van der Waals surface area contributed by atoms with E-state index in [2.05, 4.69) is 0 Å². The number of alkyl halides is 1. The molecule has 2 aliphatic rings. The number of aliphatic hydroxyl groups excluding tert-OH is 1. The van der Waals surface area contributed by atoms with Crippen molar-refractivity contribution >= 4 is 17.5 Å². The van der Waals surface area contributed by atoms with Gasteiger partial charge in [0.15, 0.2) is 0 Å². The lowest BCUT2D eigenvalue weighted by molar-refractivity contribution is -0.139. The molecule has 0 bridgehead atoms. The van der Waals surface area contributed by atoms with Gasteiger partial charge in [0.2, 0.25) is 5.91 Å². The van der Waals surface area contributed by atoms with Gasteiger partial charge in [0.25, 0.3) is 0 Å². The zero-order chi connectivity index (χ0) is 11.0. The van der Waals surface area contributed by atoms with Crippen LogP contribution in [0.3, 0.4) is 0 Å². The normalized spacial score (nSPS) is 37.9. The third-order valence-corrected chi connectivity index (χ3v) is 4.14. The Balaban J connectivity index is 2.08. The van der Waals surface area contributed by atoms with Crippen molar-refractivity contribution in [2.24, 2.45) is 5.92 Å². The van der Waals surface area contributed by atoms with Crippen molar-refractivity contribution in [3.8, 4) is 0 Å². The second-order valence-electron chi connectivity index (χ2n) is 4.75. The molecular weight excluding hydrogens is 214 g/mol. The number of nitrogens with zero attached hydrogens (tertiary/aromatic N) is 1. The maximum absolute atomic E-state index is 11.9. The lowest BCUT2D eigenvalue weighted by Crippen LogP contribution is -2.48. The lowest BCUT2D eigenvalue weighted by atomic mass is 9.88. The highest BCUT2D eigenvalue weighted by Gasteiger charge is 2.42. The first-order valence-electron chi connectivity index (χ1n) is 5.69. The highest BCUT2D eigenvalue weighted by molar-refractivity contribution is 6.20. The van der Waals surface area contributed by atoms with Gasteiger partial charge < -0.3 is 10.0 Å². The van der Waals surface area contributed by atoms with Crippen LogP contribution in [0.15, 0.2) is 0 Å². The number of carbonyl (C=O) groups is 1. The first-order chi connectivity index (χ1) is 7.13. The molecule has 2 aliphatic heterocycles. The number of amides is 1. The van der Waals surface area contributed by atoms with Gasteiger partial charge in [-0.1, -0.05) is 0 Å². The molecule has 1 N–H and O–H groups in total. The second kappa shape index (κ2) is 4.30. The molecule has 4 atom stereocenters. The SMILES string of the molecule is CC(Cl)C1CC(=O)N2C(CC[C@H]2CO)C1. The van der Waals surface area contributed by atoms with Crippen molar-refractivity contribution in [3.63, 3.8) is 0 Å². The summed E-state index contributed by atoms with van der Waals surface area (Å²) in [5.41, 5.74) is 0. The Morgan fingerprint density at radius 3 is 2.93 bits per heavy atom. The first-order valence-corrected chi connectivity index (χ1v) is 6.13. The first kappa shape index (κ1) is 11.2. The standard InChI is InChI=1S/C11H18ClNO2/c1-7(12)8-4-9-2-3-10(6-14)13(9)11(15)5-8/h7-10,14H,2-6H2,1H3/t7?,8?,9?,10-/m0/s1. The number of hydrogen-bond donors (Lipinski definition) is 1. The molecule has 0 aromatic rings. The largest absolute Gasteiger partial charge is 0.394 e. The topological polar surface area (TPSA) is 40.5 Å². The Morgan fingerprint density at radius 2 is 2.33 bits per heavy atom. The van der Waals surface area contributed by atoms with E-state index >= 15 is 0 Å². The Bertz CT molecular complexity index is 257. The molecule has 3 nitrogen and oxygen atoms in total. The van der Waals surface area contributed by atoms with Crippen LogP contribution in [0.2, 0.25) is 0 Å². The van der Waals surface area contributed by atoms with Crippen LogP contribution in [0.1, 0.15) is 32.6 Å². The summed E-state index contributed by atoms with van der Waals surface area (Å²) in [4.78, 5) is 13.8. The van der Waals surface area contributed by atoms with E-state index in [0.29, 0.717) is 18.4 Å². The van der Waals surface area contributed by atoms with Crippen LogP contribution in [0.25, 0.3) is 0 Å². The van der Waals surface area contributed by atoms with Crippen molar-refractivity contribution in [1.82, 2.24) is 4.90 Å². The van der Waals surface area contributed by atoms with E-state index in [0.717, 1.165) is 19.3 Å². The molecule has 0 saturated carbocycles. The van der Waals surface area contributed by atoms with Crippen LogP contribution < -0.4 is 0 Å². The fourth-order valence-electron chi connectivity index (χ4n) is 2.89. The molecule has 2 rings (SSSR count). The van der Waals surface area contributed by atoms with Gasteiger partial charge in [-0.05, 0) is 32.1 Å². The van der Waals surface area contributed by atoms with Crippen LogP contribution in [-0.4, -0.2) is 40.0 Å². The van der Waals surface area contributed by atoms with Crippen molar-refractivity contribution < 1.29 is 9.90 Å². The number of halogens is 1. The van der Waals surface area contributed by atoms with Gasteiger partial charge in [-0.25, -0.2) is 0 Å². The molecule has 3 unspecified atom stereocenters. The van der Waals surface area contributed by atoms with Gasteiger partial charge in [0, 0.05) is 17.8 Å². The number of carbonyl (C=O) groups excluding carboxylic acids is 1. The van der Waals surface area contributed by atoms with Crippen LogP contribution in [0.5, 0.6) is 0 Å². The monoisotopic (exact) mass is 231 g/mol. The zero-order valence-electron chi connectivity index (χ0n) is 9.03. The van der Waals surface area contributed by atoms with Crippen LogP contribution in [-0.2, 0) is 4.79 Å². The summed E-state index contributed by atoms with van der Waals surface area (Å²) in [6, 6.07) is 0.392. The van der Waals surface area contributed by atoms with Crippen molar-refractivity contribution in [2.75, 3.05) is 6.61 Å². The Morgan fingerprint density at radius 1 is 1.60 bits per heavy atom. The van der Waals surface area contributed by atoms with Crippen molar-refractivity contribution in [3.05, 3.63) is 0 Å². The molecule has 2 fully saturated rings. The third kappa shape index (κ3) is 2.00. The number of aliphatic hydroxyl groups is 1. The molecule has 0 spiro atoms. The van der Waals surface area contributed by atoms with Gasteiger partial charge in [-0.15, -0.1) is 11.6 Å². The predicted octanol–water partition coefficient (Wildman–Crippen LogP) is 1.38. The number of hydrogen-bond acceptors (Lipinski definition) is 2. The van der Waals surface area contributed by atoms with Gasteiger partial charge in [0.05, 0.1) is 12.6 Å². The van der Waals surface area contributed by atoms with Gasteiger partial charge >= 0.3 is 0 Å². The number of rotatable bonds is 2. The van der Waals surface area contributed by atoms with E-state index in [1.165, 1.54) is 0 Å². The summed E-state index contributed by atoms with van der Waals surface area (Å²) >= 11 is 6.06. The molecule has 2 heterocycles. The van der Waals surface area contributed by atoms with E-state index in [-0.39, 0.29) is 23.9 Å². The van der Waals surface area contributed by atoms with E-state index in [1.807, 2.05) is 11.8 Å². The molecule has 15 heavy (non-hydrogen) atoms. The Kier molecular flexibility index (Phi) is 3.21. The highest BCUT2D eigenvalue weighted by Crippen LogP contribution is 2.37. The molecule has 0 aromatic carbocycles. The summed E-state index contributed by atoms with van der Waals surface area (Å²) in [6.07, 6.45) is 3.53. The second-order valence-corrected chi connectivity index (χ2v) is 5.43. The van der Waals surface area contributed by atoms with Crippen LogP contribution >= 0.6 is 11.6 Å². The van der Waals surface area contributed by atoms with Crippen molar-refractivity contribution in [2.45, 2.75) is 50.1 Å². The summed E-state index contributed by atoms with van der Waals surface area (Å²) in [6.45, 7) is 2.07. The van der Waals surface area contributed by atoms with Crippen LogP contribution in [0, 0.1) is 5.92 Å². The Labute approximate surface area is 95.4 Å². The molecule has 86 valence electrons. The summed E-state index contributed by atoms with van der Waals surface area (Å²) in [5, 5.41) is 9.25. The minimum atomic E-state index is 0.0640. The van der Waals surface area contributed by atoms with Gasteiger partial charge in [0.1, 0.15) is 0 Å². The Hall–Kier alpha value is -0.280. The molecule has 4 heteroatoms. The minimum absolute atomic E-state index is 0.0640. The molecule has 0 radical (unpaired) electrons. The maximum atomic E-state index is 11.9. The molecule has 0 aliphatic carbocycles. The van der Waals surface area contributed by atoms with E-state index in [1.54, 1.807) is 0 Å². The van der Waals surface area contributed by atoms with Gasteiger partial charge in [-0.3, -0.25) is 4.79 Å². The average Bonchev–Trinajstić information content (AvgIpc) is 2.60. The van der Waals surface area contributed by atoms with Crippen molar-refractivity contribution in [1.29, 1.82) is 0 Å². The average molecular weight is 232 g/mol. The predicted molar refractivity (Wildman–Crippen MR) is 58.8 cm³/mol. The smallest absolute Gasteiger partial charge is 0.223 e. The van der Waals surface area contributed by atoms with Crippen LogP contribution in [0.4, 0.5) is 0 Å². The highest BCUT2D eigenvalue weighted by atomic mass is 35.5. The number of fused-ring (bicyclic) bond motifs is 1. The van der Waals surface area contributed by atoms with E-state index in [9.17, 15) is 9.90 Å². The molecule has 1 amide bonds. The molecule has 0 aromatic heterocycles. The third-order valence-electron chi connectivity index (χ3n) is 3.78. The van der Waals surface area contributed by atoms with E-state index < -0.39 is 0 Å². The number of piperidine rings is 1. The molecule has 2 saturated heterocycles. The fraction of sp³-hybridized carbons (Fsp3) is 0.909. The maximum Gasteiger partial charge on any atom is 0.223 e. The summed E-state index contributed by atoms with van der Waals surface area (Å²) in [7, 11) is 0. The van der Waals surface area contributed by atoms with Gasteiger partial charge in [-0.2, -0.15) is 0 Å². The summed E-state index contributed by atoms with van der Waals surface area (Å²) in [5.74, 6) is 0.498. The molecular formula is C11H18ClNO2. The minimum Gasteiger partial charge on any atom is -0.394 e. The zero-order valence-corrected chi connectivity index (χ0v) is 9.78. The van der Waals surface area contributed by atoms with E-state index in [4.69, 9.17) is 11.6 Å². The lowest BCUT2D eigenvalue weighted by Gasteiger charge is -2.38. The summed E-state index contributed by atoms with van der Waals surface area (Å²) < 4.78 is 0.